The van der Waals surface area contributed by atoms with Gasteiger partial charge in [0.15, 0.2) is 0 Å². The van der Waals surface area contributed by atoms with Crippen LogP contribution in [0, 0.1) is 6.92 Å². The van der Waals surface area contributed by atoms with Gasteiger partial charge in [0.2, 0.25) is 0 Å². The van der Waals surface area contributed by atoms with E-state index >= 15 is 0 Å². The summed E-state index contributed by atoms with van der Waals surface area (Å²) in [6.45, 7) is 6.27. The van der Waals surface area contributed by atoms with Crippen molar-refractivity contribution in [3.63, 3.8) is 0 Å². The highest BCUT2D eigenvalue weighted by atomic mass is 35.5. The fourth-order valence-electron chi connectivity index (χ4n) is 2.82. The van der Waals surface area contributed by atoms with E-state index in [1.807, 2.05) is 4.90 Å². The van der Waals surface area contributed by atoms with Crippen LogP contribution < -0.4 is 0 Å². The number of carbonyl (C=O) groups excluding carboxylic acids is 1. The molecule has 1 aliphatic rings. The smallest absolute Gasteiger partial charge is 0.272 e. The van der Waals surface area contributed by atoms with E-state index in [0.29, 0.717) is 10.7 Å². The molecule has 3 rings (SSSR count). The third kappa shape index (κ3) is 3.89. The van der Waals surface area contributed by atoms with E-state index in [1.165, 1.54) is 11.1 Å². The first-order chi connectivity index (χ1) is 11.1. The molecule has 2 aromatic rings. The van der Waals surface area contributed by atoms with Crippen molar-refractivity contribution >= 4 is 17.5 Å². The third-order valence-electron chi connectivity index (χ3n) is 4.26. The van der Waals surface area contributed by atoms with E-state index in [-0.39, 0.29) is 5.91 Å². The molecular weight excluding hydrogens is 310 g/mol. The van der Waals surface area contributed by atoms with E-state index in [1.54, 1.807) is 18.3 Å². The molecule has 0 aliphatic carbocycles. The number of nitrogens with zero attached hydrogens (tertiary/aromatic N) is 3. The molecule has 0 spiro atoms. The van der Waals surface area contributed by atoms with Crippen molar-refractivity contribution in [3.8, 4) is 0 Å². The van der Waals surface area contributed by atoms with Crippen LogP contribution in [0.2, 0.25) is 5.02 Å². The zero-order valence-electron chi connectivity index (χ0n) is 13.2. The minimum atomic E-state index is -0.0389. The first-order valence-corrected chi connectivity index (χ1v) is 8.19. The van der Waals surface area contributed by atoms with Crippen molar-refractivity contribution in [1.29, 1.82) is 0 Å². The molecule has 0 bridgehead atoms. The van der Waals surface area contributed by atoms with Crippen molar-refractivity contribution in [2.45, 2.75) is 13.5 Å². The molecular formula is C18H20ClN3O. The van der Waals surface area contributed by atoms with Crippen molar-refractivity contribution in [2.75, 3.05) is 26.2 Å². The summed E-state index contributed by atoms with van der Waals surface area (Å²) in [6, 6.07) is 11.8. The van der Waals surface area contributed by atoms with Gasteiger partial charge >= 0.3 is 0 Å². The topological polar surface area (TPSA) is 36.4 Å². The number of hydrogen-bond donors (Lipinski definition) is 0. The summed E-state index contributed by atoms with van der Waals surface area (Å²) in [6.07, 6.45) is 1.57. The Hall–Kier alpha value is -1.91. The summed E-state index contributed by atoms with van der Waals surface area (Å²) in [5, 5.41) is 0.543. The van der Waals surface area contributed by atoms with E-state index < -0.39 is 0 Å². The molecule has 1 fully saturated rings. The highest BCUT2D eigenvalue weighted by Gasteiger charge is 2.23. The average Bonchev–Trinajstić information content (AvgIpc) is 2.57. The van der Waals surface area contributed by atoms with Gasteiger partial charge in [-0.25, -0.2) is 0 Å². The minimum Gasteiger partial charge on any atom is -0.335 e. The first kappa shape index (κ1) is 16.0. The number of aromatic nitrogens is 1. The largest absolute Gasteiger partial charge is 0.335 e. The Labute approximate surface area is 141 Å². The van der Waals surface area contributed by atoms with E-state index in [4.69, 9.17) is 11.6 Å². The molecule has 5 heteroatoms. The third-order valence-corrected chi connectivity index (χ3v) is 4.49. The fourth-order valence-corrected chi connectivity index (χ4v) is 2.98. The maximum atomic E-state index is 12.5. The van der Waals surface area contributed by atoms with Gasteiger partial charge in [-0.05, 0) is 30.2 Å². The lowest BCUT2D eigenvalue weighted by molar-refractivity contribution is 0.0622. The van der Waals surface area contributed by atoms with Crippen LogP contribution in [0.1, 0.15) is 21.6 Å². The SMILES string of the molecule is Cc1ccccc1CN1CCN(C(=O)c2cc(Cl)ccn2)CC1. The molecule has 0 saturated carbocycles. The normalized spacial score (nSPS) is 15.7. The Balaban J connectivity index is 1.58. The summed E-state index contributed by atoms with van der Waals surface area (Å²) < 4.78 is 0. The molecule has 4 nitrogen and oxygen atoms in total. The van der Waals surface area contributed by atoms with Gasteiger partial charge in [0.25, 0.3) is 5.91 Å². The minimum absolute atomic E-state index is 0.0389. The van der Waals surface area contributed by atoms with E-state index in [9.17, 15) is 4.79 Å². The Bertz CT molecular complexity index is 696. The Morgan fingerprint density at radius 3 is 2.61 bits per heavy atom. The predicted octanol–water partition coefficient (Wildman–Crippen LogP) is 3.00. The van der Waals surface area contributed by atoms with Crippen molar-refractivity contribution in [3.05, 3.63) is 64.4 Å². The van der Waals surface area contributed by atoms with E-state index in [0.717, 1.165) is 32.7 Å². The number of rotatable bonds is 3. The fraction of sp³-hybridized carbons (Fsp3) is 0.333. The summed E-state index contributed by atoms with van der Waals surface area (Å²) in [7, 11) is 0. The summed E-state index contributed by atoms with van der Waals surface area (Å²) >= 11 is 5.94. The molecule has 1 saturated heterocycles. The molecule has 0 atom stereocenters. The second kappa shape index (κ2) is 7.11. The summed E-state index contributed by atoms with van der Waals surface area (Å²) in [5.41, 5.74) is 3.09. The van der Waals surface area contributed by atoms with Gasteiger partial charge < -0.3 is 4.90 Å². The Kier molecular flexibility index (Phi) is 4.94. The highest BCUT2D eigenvalue weighted by molar-refractivity contribution is 6.30. The number of carbonyl (C=O) groups is 1. The molecule has 0 unspecified atom stereocenters. The zero-order chi connectivity index (χ0) is 16.2. The number of hydrogen-bond acceptors (Lipinski definition) is 3. The lowest BCUT2D eigenvalue weighted by atomic mass is 10.1. The summed E-state index contributed by atoms with van der Waals surface area (Å²) in [5.74, 6) is -0.0389. The average molecular weight is 330 g/mol. The standard InChI is InChI=1S/C18H20ClN3O/c1-14-4-2-3-5-15(14)13-21-8-10-22(11-9-21)18(23)17-12-16(19)6-7-20-17/h2-7,12H,8-11,13H2,1H3. The van der Waals surface area contributed by atoms with E-state index in [2.05, 4.69) is 41.1 Å². The van der Waals surface area contributed by atoms with Gasteiger partial charge in [-0.1, -0.05) is 35.9 Å². The second-order valence-corrected chi connectivity index (χ2v) is 6.29. The Morgan fingerprint density at radius 2 is 1.91 bits per heavy atom. The maximum absolute atomic E-state index is 12.5. The number of benzene rings is 1. The van der Waals surface area contributed by atoms with Gasteiger partial charge in [-0.2, -0.15) is 0 Å². The quantitative estimate of drug-likeness (QED) is 0.868. The highest BCUT2D eigenvalue weighted by Crippen LogP contribution is 2.15. The molecule has 0 N–H and O–H groups in total. The molecule has 1 aromatic carbocycles. The lowest BCUT2D eigenvalue weighted by Gasteiger charge is -2.34. The van der Waals surface area contributed by atoms with Gasteiger partial charge in [0.1, 0.15) is 5.69 Å². The molecule has 1 aromatic heterocycles. The number of aryl methyl sites for hydroxylation is 1. The number of pyridine rings is 1. The lowest BCUT2D eigenvalue weighted by Crippen LogP contribution is -2.48. The molecule has 1 aliphatic heterocycles. The zero-order valence-corrected chi connectivity index (χ0v) is 14.0. The molecule has 23 heavy (non-hydrogen) atoms. The van der Waals surface area contributed by atoms with Crippen molar-refractivity contribution < 1.29 is 4.79 Å². The van der Waals surface area contributed by atoms with Crippen LogP contribution in [0.3, 0.4) is 0 Å². The second-order valence-electron chi connectivity index (χ2n) is 5.85. The number of amides is 1. The van der Waals surface area contributed by atoms with Crippen LogP contribution in [-0.2, 0) is 6.54 Å². The number of halogens is 1. The first-order valence-electron chi connectivity index (χ1n) is 7.81. The van der Waals surface area contributed by atoms with Crippen LogP contribution in [-0.4, -0.2) is 46.9 Å². The summed E-state index contributed by atoms with van der Waals surface area (Å²) in [4.78, 5) is 20.8. The predicted molar refractivity (Wildman–Crippen MR) is 91.6 cm³/mol. The van der Waals surface area contributed by atoms with Crippen LogP contribution in [0.15, 0.2) is 42.6 Å². The van der Waals surface area contributed by atoms with Gasteiger partial charge in [0.05, 0.1) is 0 Å². The van der Waals surface area contributed by atoms with Crippen LogP contribution >= 0.6 is 11.6 Å². The Morgan fingerprint density at radius 1 is 1.17 bits per heavy atom. The molecule has 120 valence electrons. The molecule has 1 amide bonds. The maximum Gasteiger partial charge on any atom is 0.272 e. The van der Waals surface area contributed by atoms with Crippen LogP contribution in [0.25, 0.3) is 0 Å². The molecule has 0 radical (unpaired) electrons. The van der Waals surface area contributed by atoms with Gasteiger partial charge in [-0.3, -0.25) is 14.7 Å². The monoisotopic (exact) mass is 329 g/mol. The van der Waals surface area contributed by atoms with Crippen molar-refractivity contribution in [1.82, 2.24) is 14.8 Å². The van der Waals surface area contributed by atoms with Gasteiger partial charge in [0, 0.05) is 43.9 Å². The van der Waals surface area contributed by atoms with Crippen LogP contribution in [0.5, 0.6) is 0 Å². The van der Waals surface area contributed by atoms with Crippen molar-refractivity contribution in [2.24, 2.45) is 0 Å². The molecule has 2 heterocycles. The number of piperazine rings is 1. The van der Waals surface area contributed by atoms with Crippen LogP contribution in [0.4, 0.5) is 0 Å². The van der Waals surface area contributed by atoms with Gasteiger partial charge in [-0.15, -0.1) is 0 Å².